The van der Waals surface area contributed by atoms with E-state index in [1.165, 1.54) is 5.56 Å². The highest BCUT2D eigenvalue weighted by molar-refractivity contribution is 7.07. The van der Waals surface area contributed by atoms with Crippen molar-refractivity contribution < 1.29 is 4.74 Å². The smallest absolute Gasteiger partial charge is 0.319 e. The van der Waals surface area contributed by atoms with Crippen molar-refractivity contribution >= 4 is 11.5 Å². The van der Waals surface area contributed by atoms with Gasteiger partial charge in [0.25, 0.3) is 0 Å². The summed E-state index contributed by atoms with van der Waals surface area (Å²) in [4.78, 5) is 0. The molecule has 0 atom stereocenters. The Morgan fingerprint density at radius 3 is 2.22 bits per heavy atom. The van der Waals surface area contributed by atoms with Crippen LogP contribution < -0.4 is 4.74 Å². The maximum Gasteiger partial charge on any atom is 0.319 e. The van der Waals surface area contributed by atoms with Gasteiger partial charge in [0, 0.05) is 11.5 Å². The highest BCUT2D eigenvalue weighted by Gasteiger charge is 2.02. The van der Waals surface area contributed by atoms with Crippen LogP contribution in [0.5, 0.6) is 10.9 Å². The monoisotopic (exact) mass is 255 g/mol. The van der Waals surface area contributed by atoms with E-state index in [-0.39, 0.29) is 0 Å². The standard InChI is InChI=1S/C13H9N3OS/c1-2-4-10(5-3-1)11-6-8-12(9-7-11)17-13-14-15-16-18-13/h1-9H. The first-order chi connectivity index (χ1) is 8.92. The maximum absolute atomic E-state index is 5.49. The molecule has 5 heteroatoms. The first-order valence-electron chi connectivity index (χ1n) is 5.40. The average molecular weight is 255 g/mol. The van der Waals surface area contributed by atoms with Gasteiger partial charge in [0.1, 0.15) is 5.75 Å². The summed E-state index contributed by atoms with van der Waals surface area (Å²) in [5, 5.41) is 7.65. The van der Waals surface area contributed by atoms with Crippen molar-refractivity contribution in [1.82, 2.24) is 14.8 Å². The van der Waals surface area contributed by atoms with Gasteiger partial charge in [-0.2, -0.15) is 0 Å². The Morgan fingerprint density at radius 1 is 0.833 bits per heavy atom. The Hall–Kier alpha value is -2.27. The molecule has 3 aromatic rings. The van der Waals surface area contributed by atoms with Gasteiger partial charge in [-0.1, -0.05) is 52.1 Å². The molecule has 0 aliphatic carbocycles. The van der Waals surface area contributed by atoms with E-state index in [0.29, 0.717) is 5.19 Å². The molecule has 1 heterocycles. The molecule has 18 heavy (non-hydrogen) atoms. The second kappa shape index (κ2) is 4.93. The summed E-state index contributed by atoms with van der Waals surface area (Å²) < 4.78 is 9.13. The van der Waals surface area contributed by atoms with Crippen LogP contribution >= 0.6 is 11.5 Å². The van der Waals surface area contributed by atoms with E-state index in [1.54, 1.807) is 0 Å². The quantitative estimate of drug-likeness (QED) is 0.719. The minimum atomic E-state index is 0.447. The number of hydrogen-bond acceptors (Lipinski definition) is 5. The Labute approximate surface area is 108 Å². The van der Waals surface area contributed by atoms with Crippen molar-refractivity contribution in [2.24, 2.45) is 0 Å². The fourth-order valence-corrected chi connectivity index (χ4v) is 1.96. The largest absolute Gasteiger partial charge is 0.429 e. The highest BCUT2D eigenvalue weighted by Crippen LogP contribution is 2.25. The molecule has 0 saturated carbocycles. The van der Waals surface area contributed by atoms with Gasteiger partial charge in [-0.05, 0) is 28.5 Å². The molecule has 0 aliphatic rings. The Balaban J connectivity index is 1.81. The molecular weight excluding hydrogens is 246 g/mol. The lowest BCUT2D eigenvalue weighted by molar-refractivity contribution is 0.472. The SMILES string of the molecule is c1ccc(-c2ccc(Oc3nnns3)cc2)cc1. The number of hydrogen-bond donors (Lipinski definition) is 0. The van der Waals surface area contributed by atoms with Gasteiger partial charge >= 0.3 is 5.19 Å². The molecule has 0 N–H and O–H groups in total. The molecule has 0 amide bonds. The molecule has 2 aromatic carbocycles. The second-order valence-corrected chi connectivity index (χ2v) is 4.32. The summed E-state index contributed by atoms with van der Waals surface area (Å²) in [6.07, 6.45) is 0. The number of ether oxygens (including phenoxy) is 1. The van der Waals surface area contributed by atoms with Crippen LogP contribution in [0, 0.1) is 0 Å². The van der Waals surface area contributed by atoms with Gasteiger partial charge in [0.15, 0.2) is 0 Å². The third-order valence-corrected chi connectivity index (χ3v) is 2.92. The van der Waals surface area contributed by atoms with Crippen LogP contribution in [0.3, 0.4) is 0 Å². The minimum Gasteiger partial charge on any atom is -0.429 e. The fourth-order valence-electron chi connectivity index (χ4n) is 1.61. The molecular formula is C13H9N3OS. The number of nitrogens with zero attached hydrogens (tertiary/aromatic N) is 3. The normalized spacial score (nSPS) is 10.2. The molecule has 0 unspecified atom stereocenters. The van der Waals surface area contributed by atoms with Crippen LogP contribution in [-0.2, 0) is 0 Å². The Kier molecular flexibility index (Phi) is 2.97. The number of rotatable bonds is 3. The lowest BCUT2D eigenvalue weighted by atomic mass is 10.1. The van der Waals surface area contributed by atoms with Gasteiger partial charge in [0.2, 0.25) is 0 Å². The van der Waals surface area contributed by atoms with Crippen molar-refractivity contribution in [1.29, 1.82) is 0 Å². The van der Waals surface area contributed by atoms with Crippen molar-refractivity contribution in [2.75, 3.05) is 0 Å². The van der Waals surface area contributed by atoms with Crippen LogP contribution in [0.15, 0.2) is 54.6 Å². The number of benzene rings is 2. The van der Waals surface area contributed by atoms with Gasteiger partial charge < -0.3 is 4.74 Å². The average Bonchev–Trinajstić information content (AvgIpc) is 2.94. The third-order valence-electron chi connectivity index (χ3n) is 2.45. The zero-order valence-electron chi connectivity index (χ0n) is 9.35. The maximum atomic E-state index is 5.49. The zero-order chi connectivity index (χ0) is 12.2. The zero-order valence-corrected chi connectivity index (χ0v) is 10.2. The molecule has 0 fully saturated rings. The van der Waals surface area contributed by atoms with Gasteiger partial charge in [-0.25, -0.2) is 0 Å². The van der Waals surface area contributed by atoms with E-state index < -0.39 is 0 Å². The molecule has 4 nitrogen and oxygen atoms in total. The lowest BCUT2D eigenvalue weighted by Crippen LogP contribution is -1.83. The van der Waals surface area contributed by atoms with E-state index in [9.17, 15) is 0 Å². The Morgan fingerprint density at radius 2 is 1.56 bits per heavy atom. The van der Waals surface area contributed by atoms with Crippen molar-refractivity contribution in [2.45, 2.75) is 0 Å². The van der Waals surface area contributed by atoms with E-state index in [4.69, 9.17) is 4.74 Å². The molecule has 0 aliphatic heterocycles. The first kappa shape index (κ1) is 10.9. The van der Waals surface area contributed by atoms with Crippen molar-refractivity contribution in [3.05, 3.63) is 54.6 Å². The summed E-state index contributed by atoms with van der Waals surface area (Å²) in [6, 6.07) is 18.0. The minimum absolute atomic E-state index is 0.447. The molecule has 0 saturated heterocycles. The molecule has 3 rings (SSSR count). The predicted octanol–water partition coefficient (Wildman–Crippen LogP) is 3.39. The van der Waals surface area contributed by atoms with Crippen LogP contribution in [0.25, 0.3) is 11.1 Å². The molecule has 0 spiro atoms. The first-order valence-corrected chi connectivity index (χ1v) is 6.17. The summed E-state index contributed by atoms with van der Waals surface area (Å²) >= 11 is 1.12. The summed E-state index contributed by atoms with van der Waals surface area (Å²) in [5.41, 5.74) is 2.33. The molecule has 0 radical (unpaired) electrons. The van der Waals surface area contributed by atoms with Crippen molar-refractivity contribution in [3.8, 4) is 22.1 Å². The van der Waals surface area contributed by atoms with E-state index in [1.807, 2.05) is 42.5 Å². The topological polar surface area (TPSA) is 47.9 Å². The molecule has 88 valence electrons. The predicted molar refractivity (Wildman–Crippen MR) is 69.7 cm³/mol. The Bertz CT molecular complexity index is 609. The highest BCUT2D eigenvalue weighted by atomic mass is 32.1. The van der Waals surface area contributed by atoms with E-state index in [0.717, 1.165) is 22.8 Å². The van der Waals surface area contributed by atoms with Gasteiger partial charge in [0.05, 0.1) is 0 Å². The number of aromatic nitrogens is 3. The van der Waals surface area contributed by atoms with E-state index in [2.05, 4.69) is 26.9 Å². The summed E-state index contributed by atoms with van der Waals surface area (Å²) in [7, 11) is 0. The third kappa shape index (κ3) is 2.36. The second-order valence-electron chi connectivity index (χ2n) is 3.62. The van der Waals surface area contributed by atoms with Gasteiger partial charge in [-0.15, -0.1) is 0 Å². The molecule has 0 bridgehead atoms. The lowest BCUT2D eigenvalue weighted by Gasteiger charge is -2.03. The van der Waals surface area contributed by atoms with Gasteiger partial charge in [-0.3, -0.25) is 0 Å². The summed E-state index contributed by atoms with van der Waals surface area (Å²) in [6.45, 7) is 0. The van der Waals surface area contributed by atoms with Crippen LogP contribution in [0.2, 0.25) is 0 Å². The molecule has 1 aromatic heterocycles. The van der Waals surface area contributed by atoms with Crippen molar-refractivity contribution in [3.63, 3.8) is 0 Å². The fraction of sp³-hybridized carbons (Fsp3) is 0. The van der Waals surface area contributed by atoms with Crippen LogP contribution in [0.1, 0.15) is 0 Å². The van der Waals surface area contributed by atoms with Crippen LogP contribution in [0.4, 0.5) is 0 Å². The van der Waals surface area contributed by atoms with E-state index >= 15 is 0 Å². The van der Waals surface area contributed by atoms with Crippen LogP contribution in [-0.4, -0.2) is 14.8 Å². The summed E-state index contributed by atoms with van der Waals surface area (Å²) in [5.74, 6) is 0.730.